The Morgan fingerprint density at radius 3 is 2.68 bits per heavy atom. The van der Waals surface area contributed by atoms with Crippen LogP contribution in [0.25, 0.3) is 6.08 Å². The average molecular weight is 451 g/mol. The summed E-state index contributed by atoms with van der Waals surface area (Å²) < 4.78 is 12.5. The third kappa shape index (κ3) is 5.16. The molecule has 0 radical (unpaired) electrons. The van der Waals surface area contributed by atoms with Crippen molar-refractivity contribution in [1.82, 2.24) is 4.90 Å². The van der Waals surface area contributed by atoms with E-state index in [9.17, 15) is 10.1 Å². The number of amides is 1. The fourth-order valence-electron chi connectivity index (χ4n) is 3.10. The quantitative estimate of drug-likeness (QED) is 0.317. The number of allylic oxidation sites excluding steroid dienone is 1. The predicted molar refractivity (Wildman–Crippen MR) is 128 cm³/mol. The molecule has 1 aliphatic heterocycles. The summed E-state index contributed by atoms with van der Waals surface area (Å²) >= 11 is 6.49. The maximum absolute atomic E-state index is 12.4. The molecule has 1 fully saturated rings. The van der Waals surface area contributed by atoms with Gasteiger partial charge in [0, 0.05) is 18.2 Å². The largest absolute Gasteiger partial charge is 0.490 e. The van der Waals surface area contributed by atoms with E-state index in [1.54, 1.807) is 19.2 Å². The Balaban J connectivity index is 1.99. The van der Waals surface area contributed by atoms with Gasteiger partial charge in [0.15, 0.2) is 11.5 Å². The molecule has 1 aliphatic rings. The van der Waals surface area contributed by atoms with Crippen LogP contribution in [0.2, 0.25) is 0 Å². The molecule has 0 N–H and O–H groups in total. The first-order chi connectivity index (χ1) is 15.0. The van der Waals surface area contributed by atoms with E-state index in [0.717, 1.165) is 16.7 Å². The maximum Gasteiger partial charge on any atom is 0.265 e. The van der Waals surface area contributed by atoms with E-state index < -0.39 is 0 Å². The molecule has 2 aromatic carbocycles. The van der Waals surface area contributed by atoms with Crippen molar-refractivity contribution in [3.63, 3.8) is 0 Å². The summed E-state index contributed by atoms with van der Waals surface area (Å²) in [4.78, 5) is 14.4. The molecular formula is C24H22N2O3S2. The molecule has 1 heterocycles. The van der Waals surface area contributed by atoms with Crippen LogP contribution in [-0.2, 0) is 17.8 Å². The smallest absolute Gasteiger partial charge is 0.265 e. The molecule has 3 rings (SSSR count). The average Bonchev–Trinajstić information content (AvgIpc) is 3.00. The molecule has 0 atom stereocenters. The molecule has 1 saturated heterocycles. The van der Waals surface area contributed by atoms with Crippen LogP contribution in [0.3, 0.4) is 0 Å². The Kier molecular flexibility index (Phi) is 7.50. The topological polar surface area (TPSA) is 62.6 Å². The summed E-state index contributed by atoms with van der Waals surface area (Å²) in [6.45, 7) is 6.44. The third-order valence-corrected chi connectivity index (χ3v) is 6.10. The third-order valence-electron chi connectivity index (χ3n) is 4.61. The second-order valence-electron chi connectivity index (χ2n) is 6.73. The van der Waals surface area contributed by atoms with E-state index >= 15 is 0 Å². The maximum atomic E-state index is 12.4. The van der Waals surface area contributed by atoms with Gasteiger partial charge in [-0.1, -0.05) is 48.3 Å². The van der Waals surface area contributed by atoms with Crippen LogP contribution < -0.4 is 9.47 Å². The van der Waals surface area contributed by atoms with Crippen molar-refractivity contribution in [1.29, 1.82) is 5.26 Å². The standard InChI is InChI=1S/C24H22N2O3S2/c1-4-8-17-11-16(13-21-23(27)26(3)24(30)31-21)12-20(28-5-2)22(17)29-15-19-10-7-6-9-18(19)14-25/h4,6-7,9-13H,1,5,8,15H2,2-3H3/b21-13+. The van der Waals surface area contributed by atoms with Crippen LogP contribution in [0.4, 0.5) is 0 Å². The number of hydrogen-bond donors (Lipinski definition) is 0. The summed E-state index contributed by atoms with van der Waals surface area (Å²) in [5, 5.41) is 9.33. The minimum atomic E-state index is -0.119. The molecule has 0 spiro atoms. The number of thiocarbonyl (C=S) groups is 1. The number of ether oxygens (including phenoxy) is 2. The van der Waals surface area contributed by atoms with Crippen molar-refractivity contribution in [2.45, 2.75) is 20.0 Å². The molecule has 1 amide bonds. The summed E-state index contributed by atoms with van der Waals surface area (Å²) in [5.41, 5.74) is 3.07. The number of hydrogen-bond acceptors (Lipinski definition) is 6. The summed E-state index contributed by atoms with van der Waals surface area (Å²) in [6, 6.07) is 13.3. The van der Waals surface area contributed by atoms with Gasteiger partial charge in [-0.15, -0.1) is 6.58 Å². The number of carbonyl (C=O) groups excluding carboxylic acids is 1. The van der Waals surface area contributed by atoms with Crippen LogP contribution in [0, 0.1) is 11.3 Å². The molecule has 0 aromatic heterocycles. The highest BCUT2D eigenvalue weighted by Crippen LogP contribution is 2.37. The van der Waals surface area contributed by atoms with Gasteiger partial charge in [-0.3, -0.25) is 9.69 Å². The van der Waals surface area contributed by atoms with Gasteiger partial charge in [-0.05, 0) is 43.2 Å². The van der Waals surface area contributed by atoms with Gasteiger partial charge in [0.05, 0.1) is 23.1 Å². The molecule has 0 bridgehead atoms. The Morgan fingerprint density at radius 2 is 2.03 bits per heavy atom. The van der Waals surface area contributed by atoms with Gasteiger partial charge < -0.3 is 9.47 Å². The fourth-order valence-corrected chi connectivity index (χ4v) is 4.28. The Morgan fingerprint density at radius 1 is 1.26 bits per heavy atom. The first-order valence-electron chi connectivity index (χ1n) is 9.71. The lowest BCUT2D eigenvalue weighted by Crippen LogP contribution is -2.22. The molecule has 0 saturated carbocycles. The molecule has 2 aromatic rings. The first-order valence-corrected chi connectivity index (χ1v) is 10.9. The Labute approximate surface area is 192 Å². The summed E-state index contributed by atoms with van der Waals surface area (Å²) in [7, 11) is 1.67. The van der Waals surface area contributed by atoms with E-state index in [2.05, 4.69) is 12.6 Å². The minimum absolute atomic E-state index is 0.119. The number of benzene rings is 2. The minimum Gasteiger partial charge on any atom is -0.490 e. The summed E-state index contributed by atoms with van der Waals surface area (Å²) in [5.74, 6) is 1.07. The van der Waals surface area contributed by atoms with Gasteiger partial charge in [-0.25, -0.2) is 0 Å². The monoisotopic (exact) mass is 450 g/mol. The lowest BCUT2D eigenvalue weighted by molar-refractivity contribution is -0.121. The molecule has 0 unspecified atom stereocenters. The van der Waals surface area contributed by atoms with Crippen molar-refractivity contribution < 1.29 is 14.3 Å². The second-order valence-corrected chi connectivity index (χ2v) is 8.41. The van der Waals surface area contributed by atoms with Crippen molar-refractivity contribution in [2.75, 3.05) is 13.7 Å². The van der Waals surface area contributed by atoms with Crippen molar-refractivity contribution in [2.24, 2.45) is 0 Å². The molecule has 7 heteroatoms. The normalized spacial score (nSPS) is 14.6. The van der Waals surface area contributed by atoms with Crippen LogP contribution >= 0.6 is 24.0 Å². The lowest BCUT2D eigenvalue weighted by atomic mass is 10.0. The number of rotatable bonds is 8. The molecule has 0 aliphatic carbocycles. The van der Waals surface area contributed by atoms with Gasteiger partial charge in [0.2, 0.25) is 0 Å². The molecular weight excluding hydrogens is 428 g/mol. The van der Waals surface area contributed by atoms with Crippen molar-refractivity contribution >= 4 is 40.3 Å². The zero-order valence-corrected chi connectivity index (χ0v) is 19.0. The number of likely N-dealkylation sites (N-methyl/N-ethyl adjacent to an activating group) is 1. The van der Waals surface area contributed by atoms with Gasteiger partial charge in [0.25, 0.3) is 5.91 Å². The summed E-state index contributed by atoms with van der Waals surface area (Å²) in [6.07, 6.45) is 4.16. The highest BCUT2D eigenvalue weighted by molar-refractivity contribution is 8.26. The van der Waals surface area contributed by atoms with Crippen molar-refractivity contribution in [3.05, 3.63) is 76.2 Å². The Bertz CT molecular complexity index is 1100. The Hall–Kier alpha value is -3.08. The highest BCUT2D eigenvalue weighted by atomic mass is 32.2. The molecule has 5 nitrogen and oxygen atoms in total. The zero-order chi connectivity index (χ0) is 22.4. The highest BCUT2D eigenvalue weighted by Gasteiger charge is 2.28. The molecule has 31 heavy (non-hydrogen) atoms. The van der Waals surface area contributed by atoms with Crippen LogP contribution in [0.15, 0.2) is 54.0 Å². The van der Waals surface area contributed by atoms with Gasteiger partial charge in [-0.2, -0.15) is 5.26 Å². The van der Waals surface area contributed by atoms with Gasteiger partial charge in [0.1, 0.15) is 10.9 Å². The van der Waals surface area contributed by atoms with Crippen LogP contribution in [-0.4, -0.2) is 28.8 Å². The fraction of sp³-hybridized carbons (Fsp3) is 0.208. The number of thioether (sulfide) groups is 1. The number of carbonyl (C=O) groups is 1. The number of nitrogens with zero attached hydrogens (tertiary/aromatic N) is 2. The zero-order valence-electron chi connectivity index (χ0n) is 17.4. The van der Waals surface area contributed by atoms with Crippen molar-refractivity contribution in [3.8, 4) is 17.6 Å². The number of nitriles is 1. The van der Waals surface area contributed by atoms with E-state index in [4.69, 9.17) is 21.7 Å². The first kappa shape index (κ1) is 22.6. The van der Waals surface area contributed by atoms with E-state index in [0.29, 0.717) is 39.3 Å². The van der Waals surface area contributed by atoms with Crippen LogP contribution in [0.1, 0.15) is 29.2 Å². The van der Waals surface area contributed by atoms with E-state index in [1.165, 1.54) is 16.7 Å². The lowest BCUT2D eigenvalue weighted by Gasteiger charge is -2.17. The van der Waals surface area contributed by atoms with E-state index in [-0.39, 0.29) is 12.5 Å². The second kappa shape index (κ2) is 10.3. The SMILES string of the molecule is C=CCc1cc(/C=C2/SC(=S)N(C)C2=O)cc(OCC)c1OCc1ccccc1C#N. The predicted octanol–water partition coefficient (Wildman–Crippen LogP) is 5.10. The van der Waals surface area contributed by atoms with Gasteiger partial charge >= 0.3 is 0 Å². The van der Waals surface area contributed by atoms with E-state index in [1.807, 2.05) is 43.3 Å². The van der Waals surface area contributed by atoms with Crippen LogP contribution in [0.5, 0.6) is 11.5 Å². The molecule has 158 valence electrons.